The molecule has 0 spiro atoms. The molecule has 1 aromatic carbocycles. The first-order valence-electron chi connectivity index (χ1n) is 5.50. The van der Waals surface area contributed by atoms with Crippen LogP contribution >= 0.6 is 23.7 Å². The number of phenolic OH excluding ortho intramolecular Hbond substituents is 1. The topological polar surface area (TPSA) is 41.5 Å². The minimum atomic E-state index is -0.184. The molecule has 0 saturated carbocycles. The minimum Gasteiger partial charge on any atom is -0.504 e. The van der Waals surface area contributed by atoms with Gasteiger partial charge >= 0.3 is 0 Å². The van der Waals surface area contributed by atoms with Gasteiger partial charge in [0, 0.05) is 23.5 Å². The van der Waals surface area contributed by atoms with Crippen molar-refractivity contribution in [2.75, 3.05) is 7.11 Å². The number of methoxy groups -OCH3 is 1. The van der Waals surface area contributed by atoms with Crippen molar-refractivity contribution in [2.24, 2.45) is 0 Å². The lowest BCUT2D eigenvalue weighted by atomic mass is 10.2. The molecule has 3 nitrogen and oxygen atoms in total. The van der Waals surface area contributed by atoms with E-state index in [0.717, 1.165) is 21.8 Å². The molecule has 0 fully saturated rings. The predicted octanol–water partition coefficient (Wildman–Crippen LogP) is 3.31. The average Bonchev–Trinajstić information content (AvgIpc) is 2.77. The number of halogens is 2. The van der Waals surface area contributed by atoms with E-state index in [9.17, 15) is 9.50 Å². The highest BCUT2D eigenvalue weighted by molar-refractivity contribution is 7.10. The number of ether oxygens (including phenoxy) is 1. The Kier molecular flexibility index (Phi) is 6.08. The Morgan fingerprint density at radius 3 is 2.68 bits per heavy atom. The highest BCUT2D eigenvalue weighted by Crippen LogP contribution is 2.29. The normalized spacial score (nSPS) is 10.0. The third kappa shape index (κ3) is 4.09. The summed E-state index contributed by atoms with van der Waals surface area (Å²) in [5.41, 5.74) is 0.756. The van der Waals surface area contributed by atoms with Gasteiger partial charge < -0.3 is 15.2 Å². The van der Waals surface area contributed by atoms with Gasteiger partial charge in [0.2, 0.25) is 0 Å². The molecule has 19 heavy (non-hydrogen) atoms. The number of hydrogen-bond donors (Lipinski definition) is 2. The van der Waals surface area contributed by atoms with Gasteiger partial charge in [-0.25, -0.2) is 0 Å². The predicted molar refractivity (Wildman–Crippen MR) is 76.7 cm³/mol. The van der Waals surface area contributed by atoms with Crippen LogP contribution in [0.25, 0.3) is 0 Å². The SMILES string of the molecule is COc1cccc(CNCc2ccc(F)s2)c1O.Cl. The lowest BCUT2D eigenvalue weighted by molar-refractivity contribution is 0.369. The van der Waals surface area contributed by atoms with Crippen LogP contribution in [0.4, 0.5) is 4.39 Å². The number of phenols is 1. The summed E-state index contributed by atoms with van der Waals surface area (Å²) in [6.07, 6.45) is 0. The van der Waals surface area contributed by atoms with Gasteiger partial charge in [-0.15, -0.1) is 23.7 Å². The summed E-state index contributed by atoms with van der Waals surface area (Å²) in [5, 5.41) is 12.8. The van der Waals surface area contributed by atoms with Crippen LogP contribution < -0.4 is 10.1 Å². The van der Waals surface area contributed by atoms with Gasteiger partial charge in [0.1, 0.15) is 0 Å². The van der Waals surface area contributed by atoms with Gasteiger partial charge in [-0.3, -0.25) is 0 Å². The van der Waals surface area contributed by atoms with E-state index in [4.69, 9.17) is 4.74 Å². The van der Waals surface area contributed by atoms with E-state index in [1.54, 1.807) is 12.1 Å². The largest absolute Gasteiger partial charge is 0.504 e. The number of nitrogens with one attached hydrogen (secondary N) is 1. The summed E-state index contributed by atoms with van der Waals surface area (Å²) >= 11 is 1.12. The molecule has 1 heterocycles. The van der Waals surface area contributed by atoms with E-state index in [2.05, 4.69) is 5.32 Å². The lowest BCUT2D eigenvalue weighted by Crippen LogP contribution is -2.11. The maximum atomic E-state index is 12.8. The molecular formula is C13H15ClFNO2S. The maximum Gasteiger partial charge on any atom is 0.176 e. The molecule has 2 N–H and O–H groups in total. The highest BCUT2D eigenvalue weighted by atomic mass is 35.5. The molecule has 0 aliphatic carbocycles. The van der Waals surface area contributed by atoms with Gasteiger partial charge in [-0.2, -0.15) is 4.39 Å². The van der Waals surface area contributed by atoms with Gasteiger partial charge in [-0.05, 0) is 18.2 Å². The van der Waals surface area contributed by atoms with Crippen LogP contribution in [0.5, 0.6) is 11.5 Å². The van der Waals surface area contributed by atoms with Crippen molar-refractivity contribution in [2.45, 2.75) is 13.1 Å². The molecule has 0 aliphatic heterocycles. The van der Waals surface area contributed by atoms with Gasteiger partial charge in [0.25, 0.3) is 0 Å². The molecular weight excluding hydrogens is 289 g/mol. The second kappa shape index (κ2) is 7.33. The van der Waals surface area contributed by atoms with E-state index in [1.807, 2.05) is 12.1 Å². The Hall–Kier alpha value is -1.30. The van der Waals surface area contributed by atoms with Gasteiger partial charge in [0.05, 0.1) is 7.11 Å². The summed E-state index contributed by atoms with van der Waals surface area (Å²) in [5.74, 6) is 0.598. The van der Waals surface area contributed by atoms with Crippen LogP contribution in [0.15, 0.2) is 30.3 Å². The van der Waals surface area contributed by atoms with E-state index < -0.39 is 0 Å². The quantitative estimate of drug-likeness (QED) is 0.890. The summed E-state index contributed by atoms with van der Waals surface area (Å²) in [6.45, 7) is 1.08. The Labute approximate surface area is 121 Å². The van der Waals surface area contributed by atoms with Crippen LogP contribution in [0.1, 0.15) is 10.4 Å². The van der Waals surface area contributed by atoms with Crippen molar-refractivity contribution in [3.05, 3.63) is 45.9 Å². The number of benzene rings is 1. The molecule has 0 amide bonds. The lowest BCUT2D eigenvalue weighted by Gasteiger charge is -2.09. The molecule has 104 valence electrons. The van der Waals surface area contributed by atoms with Crippen LogP contribution in [0.3, 0.4) is 0 Å². The standard InChI is InChI=1S/C13H14FNO2S.ClH/c1-17-11-4-2-3-9(13(11)16)7-15-8-10-5-6-12(14)18-10;/h2-6,15-16H,7-8H2,1H3;1H. The van der Waals surface area contributed by atoms with E-state index in [-0.39, 0.29) is 23.3 Å². The van der Waals surface area contributed by atoms with E-state index >= 15 is 0 Å². The van der Waals surface area contributed by atoms with E-state index in [0.29, 0.717) is 18.8 Å². The Bertz CT molecular complexity index is 533. The highest BCUT2D eigenvalue weighted by Gasteiger charge is 2.06. The number of rotatable bonds is 5. The number of para-hydroxylation sites is 1. The van der Waals surface area contributed by atoms with Crippen molar-refractivity contribution >= 4 is 23.7 Å². The molecule has 6 heteroatoms. The van der Waals surface area contributed by atoms with Crippen molar-refractivity contribution in [1.29, 1.82) is 0 Å². The molecule has 2 rings (SSSR count). The van der Waals surface area contributed by atoms with Gasteiger partial charge in [-0.1, -0.05) is 12.1 Å². The zero-order valence-electron chi connectivity index (χ0n) is 10.4. The fraction of sp³-hybridized carbons (Fsp3) is 0.231. The maximum absolute atomic E-state index is 12.8. The second-order valence-corrected chi connectivity index (χ2v) is 4.90. The molecule has 0 unspecified atom stereocenters. The minimum absolute atomic E-state index is 0. The fourth-order valence-electron chi connectivity index (χ4n) is 1.64. The van der Waals surface area contributed by atoms with Crippen LogP contribution in [0, 0.1) is 5.13 Å². The summed E-state index contributed by atoms with van der Waals surface area (Å²) in [4.78, 5) is 0.926. The molecule has 1 aromatic heterocycles. The first kappa shape index (κ1) is 15.8. The molecule has 0 aliphatic rings. The van der Waals surface area contributed by atoms with Crippen molar-refractivity contribution in [3.8, 4) is 11.5 Å². The second-order valence-electron chi connectivity index (χ2n) is 3.78. The molecule has 0 saturated heterocycles. The number of hydrogen-bond acceptors (Lipinski definition) is 4. The third-order valence-electron chi connectivity index (χ3n) is 2.55. The number of thiophene rings is 1. The molecule has 0 bridgehead atoms. The fourth-order valence-corrected chi connectivity index (χ4v) is 2.34. The van der Waals surface area contributed by atoms with Crippen LogP contribution in [0.2, 0.25) is 0 Å². The summed E-state index contributed by atoms with van der Waals surface area (Å²) in [7, 11) is 1.51. The van der Waals surface area contributed by atoms with E-state index in [1.165, 1.54) is 13.2 Å². The van der Waals surface area contributed by atoms with Crippen LogP contribution in [-0.2, 0) is 13.1 Å². The Balaban J connectivity index is 0.00000180. The zero-order valence-corrected chi connectivity index (χ0v) is 12.0. The van der Waals surface area contributed by atoms with Crippen molar-refractivity contribution in [1.82, 2.24) is 5.32 Å². The number of aromatic hydroxyl groups is 1. The molecule has 2 aromatic rings. The monoisotopic (exact) mass is 303 g/mol. The Morgan fingerprint density at radius 2 is 2.05 bits per heavy atom. The first-order valence-corrected chi connectivity index (χ1v) is 6.32. The summed E-state index contributed by atoms with van der Waals surface area (Å²) < 4.78 is 17.8. The Morgan fingerprint density at radius 1 is 1.26 bits per heavy atom. The van der Waals surface area contributed by atoms with Crippen molar-refractivity contribution in [3.63, 3.8) is 0 Å². The zero-order chi connectivity index (χ0) is 13.0. The molecule has 0 radical (unpaired) electrons. The smallest absolute Gasteiger partial charge is 0.176 e. The van der Waals surface area contributed by atoms with Gasteiger partial charge in [0.15, 0.2) is 16.6 Å². The summed E-state index contributed by atoms with van der Waals surface area (Å²) in [6, 6.07) is 8.54. The first-order chi connectivity index (χ1) is 8.70. The van der Waals surface area contributed by atoms with Crippen molar-refractivity contribution < 1.29 is 14.2 Å². The van der Waals surface area contributed by atoms with Crippen LogP contribution in [-0.4, -0.2) is 12.2 Å². The average molecular weight is 304 g/mol. The molecule has 0 atom stereocenters. The third-order valence-corrected chi connectivity index (χ3v) is 3.42.